The van der Waals surface area contributed by atoms with Crippen molar-refractivity contribution in [1.82, 2.24) is 5.32 Å². The van der Waals surface area contributed by atoms with E-state index in [4.69, 9.17) is 16.7 Å². The van der Waals surface area contributed by atoms with Crippen LogP contribution in [0.3, 0.4) is 0 Å². The molecule has 1 amide bonds. The molecule has 0 fully saturated rings. The molecule has 1 aromatic rings. The zero-order chi connectivity index (χ0) is 15.3. The lowest BCUT2D eigenvalue weighted by Crippen LogP contribution is -2.37. The van der Waals surface area contributed by atoms with Crippen LogP contribution in [0.5, 0.6) is 0 Å². The standard InChI is InChI=1S/C14H19ClN2O3/c1-14(2,3)16-7-6-12(18)17-9-4-5-10(13(19)20)11(15)8-9/h4-5,8,16H,6-7H2,1-3H3,(H,17,18)(H,19,20). The van der Waals surface area contributed by atoms with E-state index in [-0.39, 0.29) is 22.0 Å². The minimum atomic E-state index is -1.10. The number of carbonyl (C=O) groups excluding carboxylic acids is 1. The number of benzene rings is 1. The third kappa shape index (κ3) is 5.59. The molecule has 0 aliphatic heterocycles. The summed E-state index contributed by atoms with van der Waals surface area (Å²) in [6.45, 7) is 6.64. The van der Waals surface area contributed by atoms with E-state index in [1.165, 1.54) is 18.2 Å². The number of hydrogen-bond donors (Lipinski definition) is 3. The number of amides is 1. The molecule has 1 aromatic carbocycles. The molecule has 0 aromatic heterocycles. The van der Waals surface area contributed by atoms with E-state index in [2.05, 4.69) is 10.6 Å². The molecule has 0 heterocycles. The minimum absolute atomic E-state index is 0.0130. The highest BCUT2D eigenvalue weighted by molar-refractivity contribution is 6.33. The van der Waals surface area contributed by atoms with Crippen molar-refractivity contribution in [2.24, 2.45) is 0 Å². The molecule has 0 radical (unpaired) electrons. The average molecular weight is 299 g/mol. The molecule has 20 heavy (non-hydrogen) atoms. The van der Waals surface area contributed by atoms with Crippen molar-refractivity contribution in [2.75, 3.05) is 11.9 Å². The zero-order valence-corrected chi connectivity index (χ0v) is 12.5. The van der Waals surface area contributed by atoms with Gasteiger partial charge in [0.1, 0.15) is 0 Å². The molecular formula is C14H19ClN2O3. The SMILES string of the molecule is CC(C)(C)NCCC(=O)Nc1ccc(C(=O)O)c(Cl)c1. The van der Waals surface area contributed by atoms with Gasteiger partial charge in [0.2, 0.25) is 5.91 Å². The van der Waals surface area contributed by atoms with Gasteiger partial charge in [0.05, 0.1) is 10.6 Å². The summed E-state index contributed by atoms with van der Waals surface area (Å²) in [5.74, 6) is -1.25. The van der Waals surface area contributed by atoms with Crippen molar-refractivity contribution in [3.05, 3.63) is 28.8 Å². The maximum absolute atomic E-state index is 11.7. The van der Waals surface area contributed by atoms with Crippen LogP contribution in [0, 0.1) is 0 Å². The van der Waals surface area contributed by atoms with Crippen LogP contribution in [0.25, 0.3) is 0 Å². The second-order valence-corrected chi connectivity index (χ2v) is 5.88. The van der Waals surface area contributed by atoms with E-state index in [9.17, 15) is 9.59 Å². The fourth-order valence-corrected chi connectivity index (χ4v) is 1.80. The Kier molecular flexibility index (Phi) is 5.53. The van der Waals surface area contributed by atoms with Gasteiger partial charge in [0, 0.05) is 24.2 Å². The molecule has 0 aliphatic carbocycles. The van der Waals surface area contributed by atoms with Crippen LogP contribution in [0.4, 0.5) is 5.69 Å². The van der Waals surface area contributed by atoms with Crippen LogP contribution in [0.15, 0.2) is 18.2 Å². The van der Waals surface area contributed by atoms with Crippen molar-refractivity contribution >= 4 is 29.2 Å². The summed E-state index contributed by atoms with van der Waals surface area (Å²) < 4.78 is 0. The van der Waals surface area contributed by atoms with Gasteiger partial charge in [-0.15, -0.1) is 0 Å². The molecule has 0 spiro atoms. The number of nitrogens with one attached hydrogen (secondary N) is 2. The summed E-state index contributed by atoms with van der Waals surface area (Å²) >= 11 is 5.83. The molecule has 3 N–H and O–H groups in total. The van der Waals surface area contributed by atoms with Crippen LogP contribution in [-0.2, 0) is 4.79 Å². The summed E-state index contributed by atoms with van der Waals surface area (Å²) in [6, 6.07) is 4.32. The number of halogens is 1. The number of rotatable bonds is 5. The Morgan fingerprint density at radius 1 is 1.30 bits per heavy atom. The second-order valence-electron chi connectivity index (χ2n) is 5.47. The Balaban J connectivity index is 2.54. The predicted octanol–water partition coefficient (Wildman–Crippen LogP) is 2.75. The highest BCUT2D eigenvalue weighted by Crippen LogP contribution is 2.21. The van der Waals surface area contributed by atoms with Crippen molar-refractivity contribution in [3.63, 3.8) is 0 Å². The first kappa shape index (κ1) is 16.5. The van der Waals surface area contributed by atoms with Gasteiger partial charge >= 0.3 is 5.97 Å². The van der Waals surface area contributed by atoms with Gasteiger partial charge in [0.15, 0.2) is 0 Å². The monoisotopic (exact) mass is 298 g/mol. The van der Waals surface area contributed by atoms with Crippen molar-refractivity contribution in [1.29, 1.82) is 0 Å². The summed E-state index contributed by atoms with van der Waals surface area (Å²) in [5, 5.41) is 14.8. The van der Waals surface area contributed by atoms with Crippen LogP contribution in [0.2, 0.25) is 5.02 Å². The van der Waals surface area contributed by atoms with Gasteiger partial charge < -0.3 is 15.7 Å². The van der Waals surface area contributed by atoms with Gasteiger partial charge in [-0.25, -0.2) is 4.79 Å². The van der Waals surface area contributed by atoms with E-state index < -0.39 is 5.97 Å². The topological polar surface area (TPSA) is 78.4 Å². The van der Waals surface area contributed by atoms with Crippen LogP contribution in [0.1, 0.15) is 37.6 Å². The maximum atomic E-state index is 11.7. The molecule has 110 valence electrons. The summed E-state index contributed by atoms with van der Waals surface area (Å²) in [5.41, 5.74) is 0.465. The first-order valence-corrected chi connectivity index (χ1v) is 6.64. The molecular weight excluding hydrogens is 280 g/mol. The number of carbonyl (C=O) groups is 2. The molecule has 0 aliphatic rings. The van der Waals surface area contributed by atoms with Gasteiger partial charge in [-0.2, -0.15) is 0 Å². The quantitative estimate of drug-likeness (QED) is 0.781. The minimum Gasteiger partial charge on any atom is -0.478 e. The number of carboxylic acid groups (broad SMARTS) is 1. The van der Waals surface area contributed by atoms with E-state index in [1.807, 2.05) is 20.8 Å². The van der Waals surface area contributed by atoms with E-state index in [0.717, 1.165) is 0 Å². The Labute approximate surface area is 123 Å². The molecule has 0 saturated heterocycles. The van der Waals surface area contributed by atoms with E-state index in [0.29, 0.717) is 18.7 Å². The number of anilines is 1. The summed E-state index contributed by atoms with van der Waals surface area (Å²) in [7, 11) is 0. The maximum Gasteiger partial charge on any atom is 0.337 e. The predicted molar refractivity (Wildman–Crippen MR) is 79.4 cm³/mol. The molecule has 0 bridgehead atoms. The second kappa shape index (κ2) is 6.72. The molecule has 0 atom stereocenters. The number of hydrogen-bond acceptors (Lipinski definition) is 3. The summed E-state index contributed by atoms with van der Waals surface area (Å²) in [6.07, 6.45) is 0.329. The Morgan fingerprint density at radius 2 is 1.95 bits per heavy atom. The van der Waals surface area contributed by atoms with Crippen molar-refractivity contribution in [2.45, 2.75) is 32.7 Å². The fraction of sp³-hybridized carbons (Fsp3) is 0.429. The van der Waals surface area contributed by atoms with Crippen LogP contribution >= 0.6 is 11.6 Å². The van der Waals surface area contributed by atoms with Crippen molar-refractivity contribution in [3.8, 4) is 0 Å². The van der Waals surface area contributed by atoms with Gasteiger partial charge in [-0.1, -0.05) is 11.6 Å². The highest BCUT2D eigenvalue weighted by Gasteiger charge is 2.12. The molecule has 1 rings (SSSR count). The zero-order valence-electron chi connectivity index (χ0n) is 11.8. The Hall–Kier alpha value is -1.59. The van der Waals surface area contributed by atoms with Gasteiger partial charge in [0.25, 0.3) is 0 Å². The summed E-state index contributed by atoms with van der Waals surface area (Å²) in [4.78, 5) is 22.5. The average Bonchev–Trinajstić information content (AvgIpc) is 2.26. The van der Waals surface area contributed by atoms with Crippen molar-refractivity contribution < 1.29 is 14.7 Å². The normalized spacial score (nSPS) is 11.2. The first-order chi connectivity index (χ1) is 9.19. The smallest absolute Gasteiger partial charge is 0.337 e. The largest absolute Gasteiger partial charge is 0.478 e. The lowest BCUT2D eigenvalue weighted by atomic mass is 10.1. The van der Waals surface area contributed by atoms with Crippen LogP contribution in [-0.4, -0.2) is 29.1 Å². The molecule has 0 unspecified atom stereocenters. The van der Waals surface area contributed by atoms with Gasteiger partial charge in [-0.05, 0) is 39.0 Å². The Morgan fingerprint density at radius 3 is 2.45 bits per heavy atom. The lowest BCUT2D eigenvalue weighted by Gasteiger charge is -2.20. The number of aromatic carboxylic acids is 1. The van der Waals surface area contributed by atoms with E-state index in [1.54, 1.807) is 0 Å². The molecule has 5 nitrogen and oxygen atoms in total. The highest BCUT2D eigenvalue weighted by atomic mass is 35.5. The third-order valence-corrected chi connectivity index (χ3v) is 2.80. The van der Waals surface area contributed by atoms with Crippen LogP contribution < -0.4 is 10.6 Å². The Bertz CT molecular complexity index is 510. The lowest BCUT2D eigenvalue weighted by molar-refractivity contribution is -0.116. The molecule has 6 heteroatoms. The van der Waals surface area contributed by atoms with Gasteiger partial charge in [-0.3, -0.25) is 4.79 Å². The first-order valence-electron chi connectivity index (χ1n) is 6.27. The fourth-order valence-electron chi connectivity index (χ4n) is 1.54. The number of carboxylic acids is 1. The third-order valence-electron chi connectivity index (χ3n) is 2.49. The van der Waals surface area contributed by atoms with E-state index >= 15 is 0 Å². The molecule has 0 saturated carbocycles.